The first kappa shape index (κ1) is 10.5. The summed E-state index contributed by atoms with van der Waals surface area (Å²) in [4.78, 5) is 0. The smallest absolute Gasteiger partial charge is 0.0568 e. The van der Waals surface area contributed by atoms with Gasteiger partial charge in [0.1, 0.15) is 0 Å². The maximum absolute atomic E-state index is 4.14. The van der Waals surface area contributed by atoms with Crippen LogP contribution in [0.5, 0.6) is 0 Å². The van der Waals surface area contributed by atoms with Gasteiger partial charge in [-0.1, -0.05) is 30.4 Å². The van der Waals surface area contributed by atoms with E-state index in [0.717, 1.165) is 11.1 Å². The first-order chi connectivity index (χ1) is 6.67. The van der Waals surface area contributed by atoms with Gasteiger partial charge in [0.05, 0.1) is 6.20 Å². The molecule has 0 spiro atoms. The van der Waals surface area contributed by atoms with Crippen molar-refractivity contribution in [3.63, 3.8) is 0 Å². The van der Waals surface area contributed by atoms with E-state index in [4.69, 9.17) is 0 Å². The molecule has 0 bridgehead atoms. The number of allylic oxidation sites excluding steroid dienone is 5. The summed E-state index contributed by atoms with van der Waals surface area (Å²) in [5.41, 5.74) is 3.47. The summed E-state index contributed by atoms with van der Waals surface area (Å²) < 4.78 is 1.80. The minimum absolute atomic E-state index is 1.14. The topological polar surface area (TPSA) is 17.8 Å². The van der Waals surface area contributed by atoms with Crippen LogP contribution in [0, 0.1) is 0 Å². The second-order valence-corrected chi connectivity index (χ2v) is 3.24. The molecule has 0 aromatic carbocycles. The average molecular weight is 188 g/mol. The van der Waals surface area contributed by atoms with E-state index in [2.05, 4.69) is 23.8 Å². The highest BCUT2D eigenvalue weighted by Crippen LogP contribution is 2.16. The van der Waals surface area contributed by atoms with Crippen LogP contribution in [-0.4, -0.2) is 9.78 Å². The quantitative estimate of drug-likeness (QED) is 0.667. The number of aryl methyl sites for hydroxylation is 1. The molecule has 1 heterocycles. The molecule has 0 aliphatic carbocycles. The largest absolute Gasteiger partial charge is 0.275 e. The van der Waals surface area contributed by atoms with Crippen LogP contribution in [0.1, 0.15) is 19.4 Å². The van der Waals surface area contributed by atoms with Crippen molar-refractivity contribution in [1.82, 2.24) is 9.78 Å². The molecule has 0 saturated heterocycles. The molecule has 0 aliphatic rings. The molecule has 1 aromatic heterocycles. The van der Waals surface area contributed by atoms with E-state index >= 15 is 0 Å². The highest BCUT2D eigenvalue weighted by Gasteiger charge is 1.99. The Hall–Kier alpha value is -1.57. The van der Waals surface area contributed by atoms with Crippen LogP contribution in [-0.2, 0) is 7.05 Å². The van der Waals surface area contributed by atoms with E-state index in [1.807, 2.05) is 39.4 Å². The lowest BCUT2D eigenvalue weighted by Crippen LogP contribution is -1.84. The van der Waals surface area contributed by atoms with Crippen molar-refractivity contribution in [2.24, 2.45) is 7.05 Å². The SMILES string of the molecule is C=C/C(C)=C\C(=C/C)c1cnn(C)c1. The van der Waals surface area contributed by atoms with Gasteiger partial charge in [-0.2, -0.15) is 5.10 Å². The fourth-order valence-corrected chi connectivity index (χ4v) is 1.21. The minimum Gasteiger partial charge on any atom is -0.275 e. The van der Waals surface area contributed by atoms with Crippen LogP contribution in [0.25, 0.3) is 5.57 Å². The Morgan fingerprint density at radius 3 is 2.71 bits per heavy atom. The first-order valence-corrected chi connectivity index (χ1v) is 4.63. The van der Waals surface area contributed by atoms with E-state index in [1.54, 1.807) is 4.68 Å². The maximum atomic E-state index is 4.14. The third-order valence-corrected chi connectivity index (χ3v) is 2.05. The predicted molar refractivity (Wildman–Crippen MR) is 60.8 cm³/mol. The zero-order valence-electron chi connectivity index (χ0n) is 8.99. The number of nitrogens with zero attached hydrogens (tertiary/aromatic N) is 2. The number of rotatable bonds is 3. The highest BCUT2D eigenvalue weighted by atomic mass is 15.2. The number of aromatic nitrogens is 2. The van der Waals surface area contributed by atoms with Crippen LogP contribution < -0.4 is 0 Å². The lowest BCUT2D eigenvalue weighted by molar-refractivity contribution is 0.767. The van der Waals surface area contributed by atoms with Gasteiger partial charge in [-0.15, -0.1) is 0 Å². The summed E-state index contributed by atoms with van der Waals surface area (Å²) in [5.74, 6) is 0. The molecule has 0 fully saturated rings. The standard InChI is InChI=1S/C12H16N2/c1-5-10(3)7-11(6-2)12-8-13-14(4)9-12/h5-9H,1H2,2-4H3/b10-7-,11-6+. The molecule has 0 aliphatic heterocycles. The van der Waals surface area contributed by atoms with Crippen LogP contribution in [0.4, 0.5) is 0 Å². The molecule has 0 radical (unpaired) electrons. The molecular weight excluding hydrogens is 172 g/mol. The molecule has 0 atom stereocenters. The Balaban J connectivity index is 3.00. The molecule has 1 rings (SSSR count). The molecular formula is C12H16N2. The van der Waals surface area contributed by atoms with E-state index < -0.39 is 0 Å². The molecule has 2 nitrogen and oxygen atoms in total. The van der Waals surface area contributed by atoms with Crippen molar-refractivity contribution in [2.75, 3.05) is 0 Å². The fourth-order valence-electron chi connectivity index (χ4n) is 1.21. The van der Waals surface area contributed by atoms with Crippen molar-refractivity contribution in [3.8, 4) is 0 Å². The monoisotopic (exact) mass is 188 g/mol. The van der Waals surface area contributed by atoms with Gasteiger partial charge in [-0.05, 0) is 19.4 Å². The van der Waals surface area contributed by atoms with Gasteiger partial charge in [-0.25, -0.2) is 0 Å². The van der Waals surface area contributed by atoms with Gasteiger partial charge in [0.25, 0.3) is 0 Å². The molecule has 14 heavy (non-hydrogen) atoms. The van der Waals surface area contributed by atoms with Gasteiger partial charge in [0.15, 0.2) is 0 Å². The fraction of sp³-hybridized carbons (Fsp3) is 0.250. The van der Waals surface area contributed by atoms with E-state index in [9.17, 15) is 0 Å². The van der Waals surface area contributed by atoms with Crippen LogP contribution in [0.2, 0.25) is 0 Å². The summed E-state index contributed by atoms with van der Waals surface area (Å²) >= 11 is 0. The Labute approximate surface area is 85.3 Å². The molecule has 0 amide bonds. The molecule has 74 valence electrons. The lowest BCUT2D eigenvalue weighted by atomic mass is 10.1. The summed E-state index contributed by atoms with van der Waals surface area (Å²) in [6.07, 6.45) is 9.89. The Morgan fingerprint density at radius 1 is 1.57 bits per heavy atom. The maximum Gasteiger partial charge on any atom is 0.0568 e. The van der Waals surface area contributed by atoms with Gasteiger partial charge in [0.2, 0.25) is 0 Å². The van der Waals surface area contributed by atoms with Crippen LogP contribution >= 0.6 is 0 Å². The van der Waals surface area contributed by atoms with E-state index in [-0.39, 0.29) is 0 Å². The van der Waals surface area contributed by atoms with Gasteiger partial charge >= 0.3 is 0 Å². The Morgan fingerprint density at radius 2 is 2.29 bits per heavy atom. The third kappa shape index (κ3) is 2.46. The van der Waals surface area contributed by atoms with Gasteiger partial charge < -0.3 is 0 Å². The Kier molecular flexibility index (Phi) is 3.46. The van der Waals surface area contributed by atoms with Crippen molar-refractivity contribution in [1.29, 1.82) is 0 Å². The van der Waals surface area contributed by atoms with Crippen LogP contribution in [0.15, 0.2) is 42.8 Å². The molecule has 0 unspecified atom stereocenters. The lowest BCUT2D eigenvalue weighted by Gasteiger charge is -1.98. The zero-order chi connectivity index (χ0) is 10.6. The third-order valence-electron chi connectivity index (χ3n) is 2.05. The summed E-state index contributed by atoms with van der Waals surface area (Å²) in [6, 6.07) is 0. The predicted octanol–water partition coefficient (Wildman–Crippen LogP) is 2.96. The van der Waals surface area contributed by atoms with Crippen molar-refractivity contribution in [2.45, 2.75) is 13.8 Å². The second kappa shape index (κ2) is 4.61. The molecule has 1 aromatic rings. The average Bonchev–Trinajstić information content (AvgIpc) is 2.60. The van der Waals surface area contributed by atoms with Crippen molar-refractivity contribution in [3.05, 3.63) is 48.3 Å². The first-order valence-electron chi connectivity index (χ1n) is 4.63. The van der Waals surface area contributed by atoms with E-state index in [1.165, 1.54) is 5.57 Å². The Bertz CT molecular complexity index is 381. The summed E-state index contributed by atoms with van der Waals surface area (Å²) in [5, 5.41) is 4.14. The minimum atomic E-state index is 1.14. The van der Waals surface area contributed by atoms with Gasteiger partial charge in [-0.3, -0.25) is 4.68 Å². The number of hydrogen-bond donors (Lipinski definition) is 0. The summed E-state index contributed by atoms with van der Waals surface area (Å²) in [6.45, 7) is 7.79. The van der Waals surface area contributed by atoms with Crippen molar-refractivity contribution >= 4 is 5.57 Å². The molecule has 2 heteroatoms. The van der Waals surface area contributed by atoms with Crippen LogP contribution in [0.3, 0.4) is 0 Å². The zero-order valence-corrected chi connectivity index (χ0v) is 8.99. The summed E-state index contributed by atoms with van der Waals surface area (Å²) in [7, 11) is 1.92. The number of hydrogen-bond acceptors (Lipinski definition) is 1. The molecule has 0 saturated carbocycles. The highest BCUT2D eigenvalue weighted by molar-refractivity contribution is 5.74. The van der Waals surface area contributed by atoms with Gasteiger partial charge in [0, 0.05) is 18.8 Å². The second-order valence-electron chi connectivity index (χ2n) is 3.24. The van der Waals surface area contributed by atoms with E-state index in [0.29, 0.717) is 0 Å². The normalized spacial score (nSPS) is 13.1. The molecule has 0 N–H and O–H groups in total. The van der Waals surface area contributed by atoms with Crippen molar-refractivity contribution < 1.29 is 0 Å².